The third-order valence-electron chi connectivity index (χ3n) is 5.28. The molecule has 158 valence electrons. The normalized spacial score (nSPS) is 17.0. The van der Waals surface area contributed by atoms with Crippen molar-refractivity contribution in [3.8, 4) is 6.07 Å². The Balaban J connectivity index is 1.70. The summed E-state index contributed by atoms with van der Waals surface area (Å²) in [5.74, 6) is -0.0484. The van der Waals surface area contributed by atoms with Crippen LogP contribution >= 0.6 is 0 Å². The van der Waals surface area contributed by atoms with E-state index in [4.69, 9.17) is 5.26 Å². The van der Waals surface area contributed by atoms with Gasteiger partial charge in [-0.15, -0.1) is 0 Å². The molecule has 1 amide bonds. The minimum atomic E-state index is -4.65. The molecular weight excluding hydrogens is 395 g/mol. The summed E-state index contributed by atoms with van der Waals surface area (Å²) in [7, 11) is 0. The monoisotopic (exact) mass is 417 g/mol. The van der Waals surface area contributed by atoms with E-state index < -0.39 is 23.3 Å². The molecule has 5 nitrogen and oxygen atoms in total. The molecule has 0 aliphatic carbocycles. The molecule has 1 aliphatic rings. The van der Waals surface area contributed by atoms with Gasteiger partial charge < -0.3 is 14.9 Å². The van der Waals surface area contributed by atoms with Gasteiger partial charge in [0.15, 0.2) is 0 Å². The zero-order valence-electron chi connectivity index (χ0n) is 16.3. The summed E-state index contributed by atoms with van der Waals surface area (Å²) in [6.45, 7) is 0.576. The lowest BCUT2D eigenvalue weighted by atomic mass is 10.0. The summed E-state index contributed by atoms with van der Waals surface area (Å²) in [4.78, 5) is 15.9. The van der Waals surface area contributed by atoms with Gasteiger partial charge in [-0.25, -0.2) is 0 Å². The fourth-order valence-corrected chi connectivity index (χ4v) is 3.67. The van der Waals surface area contributed by atoms with Gasteiger partial charge in [0, 0.05) is 31.7 Å². The Morgan fingerprint density at radius 3 is 2.53 bits per heavy atom. The average molecular weight is 417 g/mol. The van der Waals surface area contributed by atoms with Crippen LogP contribution in [0.25, 0.3) is 0 Å². The van der Waals surface area contributed by atoms with Crippen LogP contribution in [-0.2, 0) is 17.4 Å². The predicted molar refractivity (Wildman–Crippen MR) is 106 cm³/mol. The van der Waals surface area contributed by atoms with Gasteiger partial charge in [0.25, 0.3) is 0 Å². The smallest absolute Gasteiger partial charge is 0.394 e. The molecule has 0 radical (unpaired) electrons. The lowest BCUT2D eigenvalue weighted by Gasteiger charge is -2.42. The first-order chi connectivity index (χ1) is 14.3. The van der Waals surface area contributed by atoms with Crippen LogP contribution in [-0.4, -0.2) is 48.2 Å². The number of amides is 1. The molecule has 1 fully saturated rings. The Morgan fingerprint density at radius 2 is 1.90 bits per heavy atom. The van der Waals surface area contributed by atoms with Crippen LogP contribution in [0.5, 0.6) is 0 Å². The summed E-state index contributed by atoms with van der Waals surface area (Å²) >= 11 is 0. The van der Waals surface area contributed by atoms with Crippen molar-refractivity contribution in [2.75, 3.05) is 31.1 Å². The molecule has 1 aliphatic heterocycles. The van der Waals surface area contributed by atoms with Crippen LogP contribution in [0.15, 0.2) is 48.5 Å². The van der Waals surface area contributed by atoms with Crippen molar-refractivity contribution in [3.63, 3.8) is 0 Å². The van der Waals surface area contributed by atoms with E-state index in [-0.39, 0.29) is 24.7 Å². The molecule has 1 heterocycles. The molecule has 1 N–H and O–H groups in total. The topological polar surface area (TPSA) is 67.6 Å². The molecule has 0 saturated carbocycles. The van der Waals surface area contributed by atoms with Gasteiger partial charge in [-0.1, -0.05) is 30.3 Å². The molecule has 2 aromatic carbocycles. The van der Waals surface area contributed by atoms with Crippen molar-refractivity contribution >= 4 is 11.6 Å². The number of anilines is 1. The maximum Gasteiger partial charge on any atom is 0.417 e. The maximum atomic E-state index is 13.3. The number of alkyl halides is 3. The van der Waals surface area contributed by atoms with Gasteiger partial charge in [0.2, 0.25) is 5.91 Å². The molecule has 30 heavy (non-hydrogen) atoms. The fourth-order valence-electron chi connectivity index (χ4n) is 3.67. The van der Waals surface area contributed by atoms with Gasteiger partial charge >= 0.3 is 6.18 Å². The molecule has 0 spiro atoms. The van der Waals surface area contributed by atoms with E-state index in [1.807, 2.05) is 30.3 Å². The Bertz CT molecular complexity index is 925. The Hall–Kier alpha value is -3.05. The van der Waals surface area contributed by atoms with Crippen LogP contribution in [0, 0.1) is 11.3 Å². The van der Waals surface area contributed by atoms with Crippen molar-refractivity contribution < 1.29 is 23.1 Å². The highest BCUT2D eigenvalue weighted by Gasteiger charge is 2.35. The molecule has 2 aromatic rings. The highest BCUT2D eigenvalue weighted by Crippen LogP contribution is 2.35. The molecule has 1 atom stereocenters. The lowest BCUT2D eigenvalue weighted by molar-refractivity contribution is -0.137. The van der Waals surface area contributed by atoms with Gasteiger partial charge in [-0.05, 0) is 30.2 Å². The van der Waals surface area contributed by atoms with Gasteiger partial charge in [0.1, 0.15) is 0 Å². The van der Waals surface area contributed by atoms with Crippen molar-refractivity contribution in [3.05, 3.63) is 65.2 Å². The minimum Gasteiger partial charge on any atom is -0.394 e. The van der Waals surface area contributed by atoms with Crippen molar-refractivity contribution in [2.24, 2.45) is 0 Å². The quantitative estimate of drug-likeness (QED) is 0.811. The van der Waals surface area contributed by atoms with Gasteiger partial charge in [-0.2, -0.15) is 18.4 Å². The number of aliphatic hydroxyl groups is 1. The number of benzene rings is 2. The highest BCUT2D eigenvalue weighted by molar-refractivity contribution is 5.77. The molecular formula is C22H22F3N3O2. The third-order valence-corrected chi connectivity index (χ3v) is 5.28. The first-order valence-corrected chi connectivity index (χ1v) is 9.64. The van der Waals surface area contributed by atoms with E-state index in [1.54, 1.807) is 15.9 Å². The molecule has 1 unspecified atom stereocenters. The zero-order valence-corrected chi connectivity index (χ0v) is 16.3. The van der Waals surface area contributed by atoms with Crippen molar-refractivity contribution in [1.29, 1.82) is 5.26 Å². The van der Waals surface area contributed by atoms with Crippen LogP contribution in [0.1, 0.15) is 23.1 Å². The predicted octanol–water partition coefficient (Wildman–Crippen LogP) is 3.22. The van der Waals surface area contributed by atoms with E-state index in [2.05, 4.69) is 0 Å². The first-order valence-electron chi connectivity index (χ1n) is 9.64. The maximum absolute atomic E-state index is 13.3. The largest absolute Gasteiger partial charge is 0.417 e. The van der Waals surface area contributed by atoms with E-state index in [1.165, 1.54) is 6.07 Å². The molecule has 0 bridgehead atoms. The Morgan fingerprint density at radius 1 is 1.17 bits per heavy atom. The molecule has 8 heteroatoms. The standard InChI is InChI=1S/C22H22F3N3O2/c23-22(24,25)20-12-18(8-7-17(20)13-26)28-11-10-27(14-19(28)15-29)21(30)9-6-16-4-2-1-3-5-16/h1-5,7-8,12,19,29H,6,9-11,14-15H2. The molecule has 1 saturated heterocycles. The summed E-state index contributed by atoms with van der Waals surface area (Å²) in [6, 6.07) is 14.2. The fraction of sp³-hybridized carbons (Fsp3) is 0.364. The van der Waals surface area contributed by atoms with Crippen LogP contribution in [0.2, 0.25) is 0 Å². The number of carbonyl (C=O) groups is 1. The number of aliphatic hydroxyl groups excluding tert-OH is 1. The number of rotatable bonds is 5. The van der Waals surface area contributed by atoms with E-state index in [0.29, 0.717) is 25.9 Å². The number of nitrogens with zero attached hydrogens (tertiary/aromatic N) is 3. The number of piperazine rings is 1. The number of hydrogen-bond donors (Lipinski definition) is 1. The lowest BCUT2D eigenvalue weighted by Crippen LogP contribution is -2.56. The van der Waals surface area contributed by atoms with E-state index in [9.17, 15) is 23.1 Å². The van der Waals surface area contributed by atoms with Gasteiger partial charge in [-0.3, -0.25) is 4.79 Å². The highest BCUT2D eigenvalue weighted by atomic mass is 19.4. The van der Waals surface area contributed by atoms with Gasteiger partial charge in [0.05, 0.1) is 29.8 Å². The van der Waals surface area contributed by atoms with Crippen LogP contribution in [0.3, 0.4) is 0 Å². The molecule has 3 rings (SSSR count). The van der Waals surface area contributed by atoms with E-state index in [0.717, 1.165) is 17.7 Å². The Kier molecular flexibility index (Phi) is 6.63. The summed E-state index contributed by atoms with van der Waals surface area (Å²) in [6.07, 6.45) is -3.71. The second kappa shape index (κ2) is 9.18. The van der Waals surface area contributed by atoms with Crippen molar-refractivity contribution in [2.45, 2.75) is 25.1 Å². The van der Waals surface area contributed by atoms with Crippen molar-refractivity contribution in [1.82, 2.24) is 4.90 Å². The summed E-state index contributed by atoms with van der Waals surface area (Å²) in [5, 5.41) is 18.8. The van der Waals surface area contributed by atoms with Crippen LogP contribution in [0.4, 0.5) is 18.9 Å². The number of hydrogen-bond acceptors (Lipinski definition) is 4. The second-order valence-corrected chi connectivity index (χ2v) is 7.19. The first kappa shape index (κ1) is 21.7. The second-order valence-electron chi connectivity index (χ2n) is 7.19. The minimum absolute atomic E-state index is 0.0484. The average Bonchev–Trinajstić information content (AvgIpc) is 2.76. The molecule has 0 aromatic heterocycles. The van der Waals surface area contributed by atoms with E-state index >= 15 is 0 Å². The Labute approximate surface area is 172 Å². The number of aryl methyl sites for hydroxylation is 1. The summed E-state index contributed by atoms with van der Waals surface area (Å²) in [5.41, 5.74) is -0.112. The SMILES string of the molecule is N#Cc1ccc(N2CCN(C(=O)CCc3ccccc3)CC2CO)cc1C(F)(F)F. The number of halogens is 3. The third kappa shape index (κ3) is 4.92. The van der Waals surface area contributed by atoms with Crippen LogP contribution < -0.4 is 4.90 Å². The number of nitriles is 1. The zero-order chi connectivity index (χ0) is 21.7. The summed E-state index contributed by atoms with van der Waals surface area (Å²) < 4.78 is 39.8. The number of carbonyl (C=O) groups excluding carboxylic acids is 1.